The molecule has 0 atom stereocenters. The predicted molar refractivity (Wildman–Crippen MR) is 262 cm³/mol. The maximum absolute atomic E-state index is 5.39. The molecule has 294 valence electrons. The highest BCUT2D eigenvalue weighted by molar-refractivity contribution is 6.22. The van der Waals surface area contributed by atoms with E-state index in [0.29, 0.717) is 17.5 Å². The summed E-state index contributed by atoms with van der Waals surface area (Å²) < 4.78 is 2.55. The van der Waals surface area contributed by atoms with E-state index in [9.17, 15) is 0 Å². The molecule has 0 aliphatic carbocycles. The second-order valence-corrected chi connectivity index (χ2v) is 15.9. The van der Waals surface area contributed by atoms with Crippen LogP contribution in [0.1, 0.15) is 0 Å². The van der Waals surface area contributed by atoms with Crippen LogP contribution in [-0.4, -0.2) is 19.5 Å². The van der Waals surface area contributed by atoms with Gasteiger partial charge in [0.2, 0.25) is 0 Å². The number of nitrogens with zero attached hydrogens (tertiary/aromatic N) is 4. The van der Waals surface area contributed by atoms with Gasteiger partial charge >= 0.3 is 0 Å². The van der Waals surface area contributed by atoms with Gasteiger partial charge in [0, 0.05) is 49.5 Å². The van der Waals surface area contributed by atoms with Crippen molar-refractivity contribution in [2.75, 3.05) is 0 Å². The SMILES string of the molecule is c1ccc(-c2nc(-c3ccccc3)nc(-c3cc(-c4ccccc4)c(-n4c5cc6ccccc6cc5c5ccc6ccccc6c54)c(-c4ccccc4)c3-c3ccccc3)n2)cc1. The van der Waals surface area contributed by atoms with Gasteiger partial charge in [-0.05, 0) is 51.0 Å². The van der Waals surface area contributed by atoms with Gasteiger partial charge in [-0.25, -0.2) is 15.0 Å². The molecule has 63 heavy (non-hydrogen) atoms. The number of hydrogen-bond donors (Lipinski definition) is 0. The Balaban J connectivity index is 1.32. The average molecular weight is 803 g/mol. The molecule has 0 bridgehead atoms. The maximum atomic E-state index is 5.39. The van der Waals surface area contributed by atoms with Crippen LogP contribution in [0.2, 0.25) is 0 Å². The van der Waals surface area contributed by atoms with Crippen molar-refractivity contribution in [2.24, 2.45) is 0 Å². The lowest BCUT2D eigenvalue weighted by Gasteiger charge is -2.25. The molecular weight excluding hydrogens is 765 g/mol. The lowest BCUT2D eigenvalue weighted by molar-refractivity contribution is 1.07. The summed E-state index contributed by atoms with van der Waals surface area (Å²) in [6, 6.07) is 82.0. The average Bonchev–Trinajstić information content (AvgIpc) is 3.69. The molecule has 0 aliphatic heterocycles. The van der Waals surface area contributed by atoms with Crippen LogP contribution in [0.5, 0.6) is 0 Å². The summed E-state index contributed by atoms with van der Waals surface area (Å²) in [5, 5.41) is 7.19. The van der Waals surface area contributed by atoms with E-state index < -0.39 is 0 Å². The number of benzene rings is 10. The quantitative estimate of drug-likeness (QED) is 0.161. The number of hydrogen-bond acceptors (Lipinski definition) is 3. The zero-order valence-electron chi connectivity index (χ0n) is 34.2. The second kappa shape index (κ2) is 15.2. The van der Waals surface area contributed by atoms with Crippen LogP contribution in [0.3, 0.4) is 0 Å². The molecule has 0 saturated heterocycles. The van der Waals surface area contributed by atoms with Gasteiger partial charge < -0.3 is 4.57 Å². The number of aromatic nitrogens is 4. The van der Waals surface area contributed by atoms with Crippen molar-refractivity contribution in [3.63, 3.8) is 0 Å². The zero-order valence-corrected chi connectivity index (χ0v) is 34.2. The fraction of sp³-hybridized carbons (Fsp3) is 0. The van der Waals surface area contributed by atoms with Crippen molar-refractivity contribution in [1.82, 2.24) is 19.5 Å². The van der Waals surface area contributed by atoms with E-state index in [1.165, 1.54) is 32.3 Å². The third-order valence-electron chi connectivity index (χ3n) is 12.2. The lowest BCUT2D eigenvalue weighted by Crippen LogP contribution is -2.07. The minimum atomic E-state index is 0.598. The standard InChI is InChI=1S/C59H38N4/c1-6-20-39(21-7-1)49-38-51(59-61-57(43-27-12-4-13-28-43)60-58(62-59)44-29-14-5-15-30-44)53(41-23-8-2-9-24-41)54(42-25-10-3-11-26-42)56(49)63-52-37-46-32-17-16-31-45(46)36-50(52)48-35-34-40-22-18-19-33-47(40)55(48)63/h1-38H. The fourth-order valence-electron chi connectivity index (χ4n) is 9.33. The minimum Gasteiger partial charge on any atom is -0.307 e. The summed E-state index contributed by atoms with van der Waals surface area (Å²) in [6.45, 7) is 0. The van der Waals surface area contributed by atoms with E-state index >= 15 is 0 Å². The molecule has 0 aliphatic rings. The Morgan fingerprint density at radius 3 is 1.33 bits per heavy atom. The highest BCUT2D eigenvalue weighted by Crippen LogP contribution is 2.50. The molecule has 12 rings (SSSR count). The van der Waals surface area contributed by atoms with Gasteiger partial charge in [0.25, 0.3) is 0 Å². The van der Waals surface area contributed by atoms with Crippen LogP contribution >= 0.6 is 0 Å². The molecule has 12 aromatic rings. The molecule has 0 unspecified atom stereocenters. The van der Waals surface area contributed by atoms with Crippen molar-refractivity contribution in [1.29, 1.82) is 0 Å². The largest absolute Gasteiger partial charge is 0.307 e. The van der Waals surface area contributed by atoms with Gasteiger partial charge in [0.15, 0.2) is 17.5 Å². The van der Waals surface area contributed by atoms with Gasteiger partial charge in [-0.1, -0.05) is 212 Å². The molecule has 2 heterocycles. The van der Waals surface area contributed by atoms with Crippen LogP contribution < -0.4 is 0 Å². The minimum absolute atomic E-state index is 0.598. The zero-order chi connectivity index (χ0) is 41.7. The summed E-state index contributed by atoms with van der Waals surface area (Å²) in [7, 11) is 0. The lowest BCUT2D eigenvalue weighted by atomic mass is 9.84. The summed E-state index contributed by atoms with van der Waals surface area (Å²) in [4.78, 5) is 15.9. The van der Waals surface area contributed by atoms with Crippen LogP contribution in [0.4, 0.5) is 0 Å². The summed E-state index contributed by atoms with van der Waals surface area (Å²) in [6.07, 6.45) is 0. The van der Waals surface area contributed by atoms with Crippen molar-refractivity contribution in [3.05, 3.63) is 231 Å². The first-order chi connectivity index (χ1) is 31.3. The Morgan fingerprint density at radius 1 is 0.286 bits per heavy atom. The van der Waals surface area contributed by atoms with Crippen molar-refractivity contribution >= 4 is 43.4 Å². The summed E-state index contributed by atoms with van der Waals surface area (Å²) >= 11 is 0. The number of rotatable bonds is 7. The Bertz CT molecular complexity index is 3580. The van der Waals surface area contributed by atoms with E-state index in [2.05, 4.69) is 199 Å². The second-order valence-electron chi connectivity index (χ2n) is 15.9. The van der Waals surface area contributed by atoms with E-state index in [4.69, 9.17) is 15.0 Å². The molecular formula is C59H38N4. The molecule has 0 amide bonds. The van der Waals surface area contributed by atoms with E-state index in [-0.39, 0.29) is 0 Å². The highest BCUT2D eigenvalue weighted by atomic mass is 15.0. The molecule has 4 heteroatoms. The molecule has 0 fully saturated rings. The van der Waals surface area contributed by atoms with Crippen molar-refractivity contribution in [2.45, 2.75) is 0 Å². The van der Waals surface area contributed by atoms with Gasteiger partial charge in [0.1, 0.15) is 0 Å². The Hall–Kier alpha value is -8.47. The first-order valence-corrected chi connectivity index (χ1v) is 21.4. The number of fused-ring (bicyclic) bond motifs is 6. The Labute approximate surface area is 365 Å². The van der Waals surface area contributed by atoms with E-state index in [1.54, 1.807) is 0 Å². The molecule has 0 N–H and O–H groups in total. The van der Waals surface area contributed by atoms with Crippen LogP contribution in [0.15, 0.2) is 231 Å². The normalized spacial score (nSPS) is 11.5. The first kappa shape index (κ1) is 36.4. The van der Waals surface area contributed by atoms with Crippen LogP contribution in [0, 0.1) is 0 Å². The van der Waals surface area contributed by atoms with E-state index in [1.807, 2.05) is 36.4 Å². The summed E-state index contributed by atoms with van der Waals surface area (Å²) in [5.41, 5.74) is 12.6. The van der Waals surface area contributed by atoms with Crippen molar-refractivity contribution in [3.8, 4) is 73.2 Å². The van der Waals surface area contributed by atoms with Gasteiger partial charge in [0.05, 0.1) is 16.7 Å². The van der Waals surface area contributed by atoms with Gasteiger partial charge in [-0.2, -0.15) is 0 Å². The topological polar surface area (TPSA) is 43.6 Å². The van der Waals surface area contributed by atoms with E-state index in [0.717, 1.165) is 66.8 Å². The molecule has 0 radical (unpaired) electrons. The Morgan fingerprint density at radius 2 is 0.746 bits per heavy atom. The van der Waals surface area contributed by atoms with Crippen molar-refractivity contribution < 1.29 is 0 Å². The molecule has 2 aromatic heterocycles. The highest BCUT2D eigenvalue weighted by Gasteiger charge is 2.28. The van der Waals surface area contributed by atoms with Crippen LogP contribution in [-0.2, 0) is 0 Å². The smallest absolute Gasteiger partial charge is 0.164 e. The third-order valence-corrected chi connectivity index (χ3v) is 12.2. The molecule has 0 spiro atoms. The van der Waals surface area contributed by atoms with Gasteiger partial charge in [-0.3, -0.25) is 0 Å². The fourth-order valence-corrected chi connectivity index (χ4v) is 9.33. The summed E-state index contributed by atoms with van der Waals surface area (Å²) in [5.74, 6) is 1.83. The maximum Gasteiger partial charge on any atom is 0.164 e. The molecule has 10 aromatic carbocycles. The first-order valence-electron chi connectivity index (χ1n) is 21.4. The molecule has 4 nitrogen and oxygen atoms in total. The molecule has 0 saturated carbocycles. The Kier molecular flexibility index (Phi) is 8.79. The van der Waals surface area contributed by atoms with Crippen LogP contribution in [0.25, 0.3) is 117 Å². The monoisotopic (exact) mass is 802 g/mol. The third kappa shape index (κ3) is 6.27. The predicted octanol–water partition coefficient (Wildman–Crippen LogP) is 15.3. The van der Waals surface area contributed by atoms with Gasteiger partial charge in [-0.15, -0.1) is 0 Å².